The quantitative estimate of drug-likeness (QED) is 0.0282. The number of likely N-dealkylation sites (N-methyl/N-ethyl adjacent to an activating group) is 1. The van der Waals surface area contributed by atoms with Crippen molar-refractivity contribution in [2.24, 2.45) is 0 Å². The molecule has 0 saturated heterocycles. The van der Waals surface area contributed by atoms with E-state index in [0.29, 0.717) is 24.1 Å². The number of nitrogens with zero attached hydrogens (tertiary/aromatic N) is 1. The molecule has 0 rings (SSSR count). The summed E-state index contributed by atoms with van der Waals surface area (Å²) in [6.07, 6.45) is 47.1. The third-order valence-electron chi connectivity index (χ3n) is 11.4. The number of esters is 1. The molecule has 0 aromatic heterocycles. The average Bonchev–Trinajstić information content (AvgIpc) is 3.18. The maximum absolute atomic E-state index is 12.7. The van der Waals surface area contributed by atoms with E-state index in [2.05, 4.69) is 13.8 Å². The van der Waals surface area contributed by atoms with Crippen LogP contribution >= 0.6 is 7.82 Å². The van der Waals surface area contributed by atoms with Crippen molar-refractivity contribution in [1.82, 2.24) is 0 Å². The Balaban J connectivity index is 4.10. The van der Waals surface area contributed by atoms with Gasteiger partial charge in [-0.2, -0.15) is 0 Å². The average molecular weight is 847 g/mol. The smallest absolute Gasteiger partial charge is 0.457 e. The van der Waals surface area contributed by atoms with E-state index in [-0.39, 0.29) is 25.8 Å². The summed E-state index contributed by atoms with van der Waals surface area (Å²) in [5, 5.41) is 0. The van der Waals surface area contributed by atoms with E-state index in [0.717, 1.165) is 32.1 Å². The van der Waals surface area contributed by atoms with Gasteiger partial charge >= 0.3 is 13.8 Å². The Morgan fingerprint density at radius 3 is 1.14 bits per heavy atom. The first-order valence-corrected chi connectivity index (χ1v) is 26.8. The Hall–Kier alpha value is -0.500. The summed E-state index contributed by atoms with van der Waals surface area (Å²) >= 11 is 0. The van der Waals surface area contributed by atoms with E-state index in [1.165, 1.54) is 199 Å². The fraction of sp³-hybridized carbons (Fsp3) is 0.980. The van der Waals surface area contributed by atoms with Crippen molar-refractivity contribution in [2.75, 3.05) is 54.1 Å². The molecule has 0 aromatic carbocycles. The van der Waals surface area contributed by atoms with E-state index in [9.17, 15) is 14.3 Å². The first kappa shape index (κ1) is 57.5. The van der Waals surface area contributed by atoms with Gasteiger partial charge in [0.15, 0.2) is 0 Å². The largest absolute Gasteiger partial charge is 0.472 e. The molecule has 2 atom stereocenters. The molecule has 2 unspecified atom stereocenters. The van der Waals surface area contributed by atoms with E-state index in [1.54, 1.807) is 0 Å². The molecule has 348 valence electrons. The highest BCUT2D eigenvalue weighted by molar-refractivity contribution is 7.47. The van der Waals surface area contributed by atoms with Crippen LogP contribution in [0.15, 0.2) is 0 Å². The zero-order chi connectivity index (χ0) is 42.7. The second-order valence-corrected chi connectivity index (χ2v) is 20.0. The predicted molar refractivity (Wildman–Crippen MR) is 248 cm³/mol. The molecule has 0 aliphatic carbocycles. The van der Waals surface area contributed by atoms with Crippen LogP contribution in [0.3, 0.4) is 0 Å². The number of carbonyl (C=O) groups is 1. The topological polar surface area (TPSA) is 91.3 Å². The van der Waals surface area contributed by atoms with Gasteiger partial charge in [0.1, 0.15) is 19.3 Å². The molecular weight excluding hydrogens is 746 g/mol. The summed E-state index contributed by atoms with van der Waals surface area (Å²) in [5.74, 6) is -0.305. The van der Waals surface area contributed by atoms with Gasteiger partial charge in [0, 0.05) is 13.0 Å². The monoisotopic (exact) mass is 847 g/mol. The molecule has 58 heavy (non-hydrogen) atoms. The molecule has 0 fully saturated rings. The number of rotatable bonds is 48. The summed E-state index contributed by atoms with van der Waals surface area (Å²) in [7, 11) is 1.69. The van der Waals surface area contributed by atoms with Crippen LogP contribution in [0.2, 0.25) is 0 Å². The molecule has 0 aliphatic heterocycles. The van der Waals surface area contributed by atoms with Crippen molar-refractivity contribution in [1.29, 1.82) is 0 Å². The van der Waals surface area contributed by atoms with Gasteiger partial charge < -0.3 is 18.9 Å². The van der Waals surface area contributed by atoms with Crippen molar-refractivity contribution in [3.63, 3.8) is 0 Å². The van der Waals surface area contributed by atoms with Gasteiger partial charge in [0.2, 0.25) is 0 Å². The van der Waals surface area contributed by atoms with Crippen LogP contribution in [0.5, 0.6) is 0 Å². The van der Waals surface area contributed by atoms with Crippen molar-refractivity contribution in [3.8, 4) is 0 Å². The van der Waals surface area contributed by atoms with Crippen LogP contribution in [0.1, 0.15) is 251 Å². The summed E-state index contributed by atoms with van der Waals surface area (Å²) < 4.78 is 35.1. The minimum absolute atomic E-state index is 0.0942. The van der Waals surface area contributed by atoms with Crippen LogP contribution in [0.4, 0.5) is 0 Å². The molecule has 0 bridgehead atoms. The first-order valence-electron chi connectivity index (χ1n) is 25.3. The number of quaternary nitrogens is 1. The Labute approximate surface area is 361 Å². The number of ether oxygens (including phenoxy) is 2. The highest BCUT2D eigenvalue weighted by Gasteiger charge is 2.26. The van der Waals surface area contributed by atoms with Crippen molar-refractivity contribution >= 4 is 13.8 Å². The normalized spacial score (nSPS) is 13.6. The standard InChI is InChI=1S/C49H100NO7P/c1-6-8-10-12-14-16-18-20-22-24-25-26-28-30-32-34-36-38-40-42-49(51)57-48(47-56-58(52,53)55-45-43-50(3,4)5)46-54-44-41-39-37-35-33-31-29-27-23-21-19-17-15-13-11-9-7-2/h48H,6-47H2,1-5H3/p+1. The van der Waals surface area contributed by atoms with E-state index in [4.69, 9.17) is 18.5 Å². The second kappa shape index (κ2) is 43.2. The van der Waals surface area contributed by atoms with Gasteiger partial charge in [-0.25, -0.2) is 4.57 Å². The number of phosphoric ester groups is 1. The molecule has 0 aromatic rings. The second-order valence-electron chi connectivity index (χ2n) is 18.6. The van der Waals surface area contributed by atoms with Gasteiger partial charge in [-0.05, 0) is 12.8 Å². The highest BCUT2D eigenvalue weighted by atomic mass is 31.2. The Bertz CT molecular complexity index is 899. The molecule has 0 spiro atoms. The summed E-state index contributed by atoms with van der Waals surface area (Å²) in [4.78, 5) is 23.0. The van der Waals surface area contributed by atoms with Gasteiger partial charge in [0.05, 0.1) is 34.4 Å². The fourth-order valence-corrected chi connectivity index (χ4v) is 8.24. The predicted octanol–water partition coefficient (Wildman–Crippen LogP) is 15.2. The highest BCUT2D eigenvalue weighted by Crippen LogP contribution is 2.43. The van der Waals surface area contributed by atoms with Crippen molar-refractivity contribution in [2.45, 2.75) is 258 Å². The fourth-order valence-electron chi connectivity index (χ4n) is 7.50. The lowest BCUT2D eigenvalue weighted by atomic mass is 10.0. The Kier molecular flexibility index (Phi) is 42.8. The van der Waals surface area contributed by atoms with Gasteiger partial charge in [-0.1, -0.05) is 232 Å². The maximum Gasteiger partial charge on any atom is 0.472 e. The molecule has 0 radical (unpaired) electrons. The van der Waals surface area contributed by atoms with Gasteiger partial charge in [0.25, 0.3) is 0 Å². The number of carbonyl (C=O) groups excluding carboxylic acids is 1. The number of hydrogen-bond donors (Lipinski definition) is 1. The zero-order valence-corrected chi connectivity index (χ0v) is 40.5. The Morgan fingerprint density at radius 2 is 0.793 bits per heavy atom. The third-order valence-corrected chi connectivity index (χ3v) is 12.4. The minimum Gasteiger partial charge on any atom is -0.457 e. The van der Waals surface area contributed by atoms with E-state index in [1.807, 2.05) is 21.1 Å². The summed E-state index contributed by atoms with van der Waals surface area (Å²) in [5.41, 5.74) is 0. The van der Waals surface area contributed by atoms with Crippen LogP contribution in [-0.4, -0.2) is 75.6 Å². The summed E-state index contributed by atoms with van der Waals surface area (Å²) in [6, 6.07) is 0. The number of hydrogen-bond acceptors (Lipinski definition) is 6. The third kappa shape index (κ3) is 46.6. The van der Waals surface area contributed by atoms with E-state index >= 15 is 0 Å². The van der Waals surface area contributed by atoms with Crippen molar-refractivity contribution in [3.05, 3.63) is 0 Å². The molecule has 0 saturated carbocycles. The molecule has 0 heterocycles. The SMILES string of the molecule is CCCCCCCCCCCCCCCCCCCCCC(=O)OC(COCCCCCCCCCCCCCCCCCCC)COP(=O)(O)OCC[N+](C)(C)C. The van der Waals surface area contributed by atoms with Crippen LogP contribution in [0.25, 0.3) is 0 Å². The molecule has 9 heteroatoms. The lowest BCUT2D eigenvalue weighted by Crippen LogP contribution is -2.37. The van der Waals surface area contributed by atoms with Crippen LogP contribution in [-0.2, 0) is 27.9 Å². The molecule has 8 nitrogen and oxygen atoms in total. The van der Waals surface area contributed by atoms with Gasteiger partial charge in [-0.15, -0.1) is 0 Å². The lowest BCUT2D eigenvalue weighted by molar-refractivity contribution is -0.870. The van der Waals surface area contributed by atoms with E-state index < -0.39 is 13.9 Å². The number of phosphoric acid groups is 1. The lowest BCUT2D eigenvalue weighted by Gasteiger charge is -2.24. The molecular formula is C49H101NO7P+. The zero-order valence-electron chi connectivity index (χ0n) is 39.6. The number of unbranched alkanes of at least 4 members (excludes halogenated alkanes) is 34. The first-order chi connectivity index (χ1) is 28.1. The maximum atomic E-state index is 12.7. The Morgan fingerprint density at radius 1 is 0.466 bits per heavy atom. The molecule has 0 aliphatic rings. The minimum atomic E-state index is -4.27. The van der Waals surface area contributed by atoms with Crippen LogP contribution in [0, 0.1) is 0 Å². The molecule has 0 amide bonds. The molecule has 1 N–H and O–H groups in total. The van der Waals surface area contributed by atoms with Gasteiger partial charge in [-0.3, -0.25) is 13.8 Å². The van der Waals surface area contributed by atoms with Crippen LogP contribution < -0.4 is 0 Å². The van der Waals surface area contributed by atoms with Crippen molar-refractivity contribution < 1.29 is 37.3 Å². The summed E-state index contributed by atoms with van der Waals surface area (Å²) in [6.45, 7) is 5.70.